The molecule has 0 amide bonds. The molecular weight excluding hydrogens is 438 g/mol. The van der Waals surface area contributed by atoms with Crippen molar-refractivity contribution in [1.29, 1.82) is 0 Å². The van der Waals surface area contributed by atoms with Crippen LogP contribution in [0.3, 0.4) is 0 Å². The molecule has 0 aliphatic carbocycles. The molecule has 2 aromatic heterocycles. The Morgan fingerprint density at radius 1 is 1.00 bits per heavy atom. The summed E-state index contributed by atoms with van der Waals surface area (Å²) in [4.78, 5) is 0. The summed E-state index contributed by atoms with van der Waals surface area (Å²) < 4.78 is 35.8. The molecule has 0 saturated carbocycles. The summed E-state index contributed by atoms with van der Waals surface area (Å²) in [5, 5.41) is 17.2. The number of hydrogen-bond donors (Lipinski definition) is 1. The van der Waals surface area contributed by atoms with Gasteiger partial charge in [-0.2, -0.15) is 8.78 Å². The van der Waals surface area contributed by atoms with Gasteiger partial charge in [0.1, 0.15) is 5.75 Å². The second kappa shape index (κ2) is 8.67. The van der Waals surface area contributed by atoms with Crippen molar-refractivity contribution in [3.05, 3.63) is 59.4 Å². The second-order valence-electron chi connectivity index (χ2n) is 5.88. The number of nitrogens with zero attached hydrogens (tertiary/aromatic N) is 5. The Morgan fingerprint density at radius 3 is 2.40 bits per heavy atom. The third-order valence-electron chi connectivity index (χ3n) is 3.88. The first kappa shape index (κ1) is 20.1. The number of nitrogen functional groups attached to an aromatic ring is 1. The summed E-state index contributed by atoms with van der Waals surface area (Å²) in [5.74, 6) is 7.58. The van der Waals surface area contributed by atoms with E-state index in [1.54, 1.807) is 36.4 Å². The molecule has 2 N–H and O–H groups in total. The van der Waals surface area contributed by atoms with Crippen molar-refractivity contribution in [2.45, 2.75) is 17.5 Å². The van der Waals surface area contributed by atoms with E-state index in [2.05, 4.69) is 25.1 Å². The van der Waals surface area contributed by atoms with Gasteiger partial charge in [0.15, 0.2) is 5.82 Å². The number of benzene rings is 2. The van der Waals surface area contributed by atoms with Crippen LogP contribution in [0, 0.1) is 0 Å². The largest absolute Gasteiger partial charge is 0.435 e. The van der Waals surface area contributed by atoms with Crippen LogP contribution in [0.15, 0.2) is 58.1 Å². The summed E-state index contributed by atoms with van der Waals surface area (Å²) in [5.41, 5.74) is 1.35. The van der Waals surface area contributed by atoms with E-state index in [0.717, 1.165) is 5.56 Å². The summed E-state index contributed by atoms with van der Waals surface area (Å²) in [7, 11) is 0. The lowest BCUT2D eigenvalue weighted by Crippen LogP contribution is -2.11. The number of nitrogens with two attached hydrogens (primary N) is 1. The number of thioether (sulfide) groups is 1. The summed E-state index contributed by atoms with van der Waals surface area (Å²) >= 11 is 7.14. The van der Waals surface area contributed by atoms with Crippen molar-refractivity contribution in [3.8, 4) is 28.6 Å². The van der Waals surface area contributed by atoms with Crippen molar-refractivity contribution in [2.24, 2.45) is 0 Å². The van der Waals surface area contributed by atoms with Gasteiger partial charge in [-0.05, 0) is 48.5 Å². The number of halogens is 3. The summed E-state index contributed by atoms with van der Waals surface area (Å²) in [6, 6.07) is 13.0. The van der Waals surface area contributed by atoms with Gasteiger partial charge in [0.2, 0.25) is 16.9 Å². The average Bonchev–Trinajstić information content (AvgIpc) is 3.34. The highest BCUT2D eigenvalue weighted by molar-refractivity contribution is 7.98. The predicted molar refractivity (Wildman–Crippen MR) is 107 cm³/mol. The van der Waals surface area contributed by atoms with E-state index in [9.17, 15) is 8.78 Å². The topological polar surface area (TPSA) is 105 Å². The molecule has 0 radical (unpaired) electrons. The zero-order valence-corrected chi connectivity index (χ0v) is 16.6. The molecule has 0 aliphatic heterocycles. The zero-order chi connectivity index (χ0) is 21.1. The number of hydrogen-bond acceptors (Lipinski definition) is 8. The number of ether oxygens (including phenoxy) is 1. The van der Waals surface area contributed by atoms with E-state index in [4.69, 9.17) is 21.9 Å². The molecule has 0 spiro atoms. The normalized spacial score (nSPS) is 11.2. The minimum atomic E-state index is -2.89. The third-order valence-corrected chi connectivity index (χ3v) is 5.06. The Balaban J connectivity index is 1.43. The first-order chi connectivity index (χ1) is 14.5. The minimum Gasteiger partial charge on any atom is -0.435 e. The zero-order valence-electron chi connectivity index (χ0n) is 15.1. The van der Waals surface area contributed by atoms with Crippen LogP contribution in [0.25, 0.3) is 22.8 Å². The molecule has 0 unspecified atom stereocenters. The van der Waals surface area contributed by atoms with Crippen molar-refractivity contribution in [3.63, 3.8) is 0 Å². The Hall–Kier alpha value is -3.18. The number of rotatable bonds is 7. The average molecular weight is 451 g/mol. The highest BCUT2D eigenvalue weighted by Gasteiger charge is 2.15. The van der Waals surface area contributed by atoms with Gasteiger partial charge in [0.25, 0.3) is 0 Å². The van der Waals surface area contributed by atoms with Crippen LogP contribution in [-0.2, 0) is 5.75 Å². The Kier molecular flexibility index (Phi) is 5.81. The molecular formula is C18H13ClF2N6O2S. The standard InChI is InChI=1S/C18H13ClF2N6O2S/c19-12-5-1-11(2-6-12)16-25-23-14(29-16)9-30-18-26-24-15(27(18)22)10-3-7-13(8-4-10)28-17(20)21/h1-8,17H,9,22H2. The third kappa shape index (κ3) is 4.52. The lowest BCUT2D eigenvalue weighted by atomic mass is 10.2. The quantitative estimate of drug-likeness (QED) is 0.329. The van der Waals surface area contributed by atoms with Gasteiger partial charge < -0.3 is 15.0 Å². The number of aromatic nitrogens is 5. The molecule has 154 valence electrons. The molecule has 0 aliphatic rings. The highest BCUT2D eigenvalue weighted by Crippen LogP contribution is 2.27. The maximum Gasteiger partial charge on any atom is 0.387 e. The second-order valence-corrected chi connectivity index (χ2v) is 7.25. The fraction of sp³-hybridized carbons (Fsp3) is 0.111. The molecule has 0 fully saturated rings. The molecule has 8 nitrogen and oxygen atoms in total. The lowest BCUT2D eigenvalue weighted by Gasteiger charge is -2.06. The van der Waals surface area contributed by atoms with Crippen LogP contribution in [0.1, 0.15) is 5.89 Å². The van der Waals surface area contributed by atoms with E-state index in [0.29, 0.717) is 39.1 Å². The molecule has 0 bridgehead atoms. The number of alkyl halides is 2. The molecule has 0 saturated heterocycles. The fourth-order valence-corrected chi connectivity index (χ4v) is 3.32. The first-order valence-corrected chi connectivity index (χ1v) is 9.83. The Labute approximate surface area is 178 Å². The molecule has 4 rings (SSSR count). The van der Waals surface area contributed by atoms with Crippen LogP contribution in [0.5, 0.6) is 5.75 Å². The van der Waals surface area contributed by atoms with Crippen molar-refractivity contribution in [1.82, 2.24) is 25.1 Å². The first-order valence-electron chi connectivity index (χ1n) is 8.46. The molecule has 4 aromatic rings. The van der Waals surface area contributed by atoms with Crippen molar-refractivity contribution >= 4 is 23.4 Å². The monoisotopic (exact) mass is 450 g/mol. The molecule has 30 heavy (non-hydrogen) atoms. The van der Waals surface area contributed by atoms with Crippen LogP contribution in [0.2, 0.25) is 5.02 Å². The molecule has 2 heterocycles. The van der Waals surface area contributed by atoms with Gasteiger partial charge >= 0.3 is 6.61 Å². The van der Waals surface area contributed by atoms with Crippen LogP contribution in [-0.4, -0.2) is 31.7 Å². The van der Waals surface area contributed by atoms with E-state index >= 15 is 0 Å². The molecule has 2 aromatic carbocycles. The lowest BCUT2D eigenvalue weighted by molar-refractivity contribution is -0.0498. The van der Waals surface area contributed by atoms with E-state index < -0.39 is 6.61 Å². The maximum absolute atomic E-state index is 12.3. The molecule has 0 atom stereocenters. The van der Waals surface area contributed by atoms with Gasteiger partial charge in [-0.25, -0.2) is 4.68 Å². The van der Waals surface area contributed by atoms with Gasteiger partial charge in [-0.3, -0.25) is 0 Å². The Bertz CT molecular complexity index is 1130. The van der Waals surface area contributed by atoms with Gasteiger partial charge in [0.05, 0.1) is 5.75 Å². The van der Waals surface area contributed by atoms with E-state index in [1.807, 2.05) is 0 Å². The maximum atomic E-state index is 12.3. The van der Waals surface area contributed by atoms with Crippen LogP contribution >= 0.6 is 23.4 Å². The molecule has 12 heteroatoms. The van der Waals surface area contributed by atoms with Crippen LogP contribution < -0.4 is 10.6 Å². The summed E-state index contributed by atoms with van der Waals surface area (Å²) in [6.45, 7) is -2.89. The van der Waals surface area contributed by atoms with Crippen molar-refractivity contribution in [2.75, 3.05) is 5.84 Å². The van der Waals surface area contributed by atoms with Gasteiger partial charge in [-0.15, -0.1) is 20.4 Å². The van der Waals surface area contributed by atoms with Gasteiger partial charge in [0, 0.05) is 16.1 Å². The van der Waals surface area contributed by atoms with E-state index in [1.165, 1.54) is 28.6 Å². The van der Waals surface area contributed by atoms with E-state index in [-0.39, 0.29) is 5.75 Å². The Morgan fingerprint density at radius 2 is 1.70 bits per heavy atom. The summed E-state index contributed by atoms with van der Waals surface area (Å²) in [6.07, 6.45) is 0. The van der Waals surface area contributed by atoms with Crippen molar-refractivity contribution < 1.29 is 17.9 Å². The smallest absolute Gasteiger partial charge is 0.387 e. The van der Waals surface area contributed by atoms with Crippen LogP contribution in [0.4, 0.5) is 8.78 Å². The SMILES string of the molecule is Nn1c(SCc2nnc(-c3ccc(Cl)cc3)o2)nnc1-c1ccc(OC(F)F)cc1. The minimum absolute atomic E-state index is 0.0410. The predicted octanol–water partition coefficient (Wildman–Crippen LogP) is 4.26. The highest BCUT2D eigenvalue weighted by atomic mass is 35.5. The van der Waals surface area contributed by atoms with Gasteiger partial charge in [-0.1, -0.05) is 23.4 Å². The fourth-order valence-electron chi connectivity index (χ4n) is 2.51.